The van der Waals surface area contributed by atoms with E-state index in [1.165, 1.54) is 12.8 Å². The van der Waals surface area contributed by atoms with Crippen LogP contribution in [0, 0.1) is 0 Å². The molecule has 2 aliphatic rings. The Morgan fingerprint density at radius 1 is 1.10 bits per heavy atom. The summed E-state index contributed by atoms with van der Waals surface area (Å²) < 4.78 is 0. The molecule has 0 radical (unpaired) electrons. The quantitative estimate of drug-likeness (QED) is 0.572. The summed E-state index contributed by atoms with van der Waals surface area (Å²) in [6.07, 6.45) is 4.39. The van der Waals surface area contributed by atoms with Crippen molar-refractivity contribution in [3.8, 4) is 0 Å². The molecule has 156 valence electrons. The Balaban J connectivity index is 1.45. The van der Waals surface area contributed by atoms with Gasteiger partial charge in [0.05, 0.1) is 5.52 Å². The number of carbonyl (C=O) groups excluding carboxylic acids is 1. The van der Waals surface area contributed by atoms with E-state index in [1.54, 1.807) is 11.8 Å². The van der Waals surface area contributed by atoms with Gasteiger partial charge in [-0.15, -0.1) is 0 Å². The third-order valence-corrected chi connectivity index (χ3v) is 6.36. The van der Waals surface area contributed by atoms with Crippen molar-refractivity contribution in [3.63, 3.8) is 0 Å². The van der Waals surface area contributed by atoms with Gasteiger partial charge in [0.1, 0.15) is 5.82 Å². The van der Waals surface area contributed by atoms with Crippen molar-refractivity contribution in [2.45, 2.75) is 18.0 Å². The lowest BCUT2D eigenvalue weighted by Gasteiger charge is -2.32. The Labute approximate surface area is 176 Å². The van der Waals surface area contributed by atoms with Crippen molar-refractivity contribution < 1.29 is 4.79 Å². The third-order valence-electron chi connectivity index (χ3n) is 5.82. The maximum Gasteiger partial charge on any atom is 0.251 e. The van der Waals surface area contributed by atoms with Gasteiger partial charge in [0, 0.05) is 63.3 Å². The maximum atomic E-state index is 12.7. The lowest BCUT2D eigenvalue weighted by Crippen LogP contribution is -2.46. The number of piperazine rings is 1. The van der Waals surface area contributed by atoms with E-state index in [0.29, 0.717) is 12.1 Å². The Kier molecular flexibility index (Phi) is 6.52. The molecule has 2 aliphatic heterocycles. The molecule has 1 N–H and O–H groups in total. The summed E-state index contributed by atoms with van der Waals surface area (Å²) in [5.41, 5.74) is 1.51. The summed E-state index contributed by atoms with van der Waals surface area (Å²) in [5.74, 6) is 0.965. The van der Waals surface area contributed by atoms with Crippen LogP contribution in [-0.2, 0) is 0 Å². The number of carbonyl (C=O) groups is 1. The first-order valence-electron chi connectivity index (χ1n) is 10.4. The standard InChI is InChI=1S/C21H30N6OS/c1-25-11-13-26(14-12-25)10-7-22-20(28)16-5-6-17-18(15-16)23-21(29-2)24-19(17)27-8-3-4-9-27/h5-6,15H,3-4,7-14H2,1-2H3,(H,22,28). The van der Waals surface area contributed by atoms with Gasteiger partial charge in [-0.2, -0.15) is 0 Å². The van der Waals surface area contributed by atoms with Crippen molar-refractivity contribution >= 4 is 34.4 Å². The first-order chi connectivity index (χ1) is 14.1. The largest absolute Gasteiger partial charge is 0.356 e. The molecule has 8 heteroatoms. The third kappa shape index (κ3) is 4.82. The number of thioether (sulfide) groups is 1. The van der Waals surface area contributed by atoms with Gasteiger partial charge >= 0.3 is 0 Å². The Morgan fingerprint density at radius 3 is 2.59 bits per heavy atom. The Hall–Kier alpha value is -1.90. The maximum absolute atomic E-state index is 12.7. The second-order valence-electron chi connectivity index (χ2n) is 7.86. The number of anilines is 1. The van der Waals surface area contributed by atoms with Crippen molar-refractivity contribution in [1.82, 2.24) is 25.1 Å². The van der Waals surface area contributed by atoms with Gasteiger partial charge < -0.3 is 15.1 Å². The highest BCUT2D eigenvalue weighted by molar-refractivity contribution is 7.98. The van der Waals surface area contributed by atoms with Crippen LogP contribution in [0.4, 0.5) is 5.82 Å². The van der Waals surface area contributed by atoms with Crippen LogP contribution in [0.2, 0.25) is 0 Å². The second kappa shape index (κ2) is 9.28. The number of likely N-dealkylation sites (N-methyl/N-ethyl adjacent to an activating group) is 1. The summed E-state index contributed by atoms with van der Waals surface area (Å²) in [6, 6.07) is 5.80. The fraction of sp³-hybridized carbons (Fsp3) is 0.571. The molecule has 2 fully saturated rings. The molecule has 0 aliphatic carbocycles. The Bertz CT molecular complexity index is 862. The lowest BCUT2D eigenvalue weighted by atomic mass is 10.1. The van der Waals surface area contributed by atoms with E-state index in [9.17, 15) is 4.79 Å². The first kappa shape index (κ1) is 20.4. The second-order valence-corrected chi connectivity index (χ2v) is 8.63. The van der Waals surface area contributed by atoms with E-state index in [0.717, 1.165) is 67.7 Å². The molecule has 0 saturated carbocycles. The predicted octanol–water partition coefficient (Wildman–Crippen LogP) is 1.93. The highest BCUT2D eigenvalue weighted by atomic mass is 32.2. The van der Waals surface area contributed by atoms with Gasteiger partial charge in [0.15, 0.2) is 5.16 Å². The van der Waals surface area contributed by atoms with Gasteiger partial charge in [0.2, 0.25) is 0 Å². The summed E-state index contributed by atoms with van der Waals surface area (Å²) in [5, 5.41) is 4.85. The highest BCUT2D eigenvalue weighted by Gasteiger charge is 2.19. The molecule has 3 heterocycles. The fourth-order valence-corrected chi connectivity index (χ4v) is 4.36. The van der Waals surface area contributed by atoms with Crippen molar-refractivity contribution in [1.29, 1.82) is 0 Å². The van der Waals surface area contributed by atoms with Crippen LogP contribution >= 0.6 is 11.8 Å². The van der Waals surface area contributed by atoms with Crippen LogP contribution in [0.5, 0.6) is 0 Å². The van der Waals surface area contributed by atoms with E-state index in [1.807, 2.05) is 24.5 Å². The van der Waals surface area contributed by atoms with Crippen molar-refractivity contribution in [3.05, 3.63) is 23.8 Å². The molecule has 0 atom stereocenters. The molecule has 0 spiro atoms. The van der Waals surface area contributed by atoms with Gasteiger partial charge in [-0.25, -0.2) is 9.97 Å². The molecule has 29 heavy (non-hydrogen) atoms. The van der Waals surface area contributed by atoms with E-state index >= 15 is 0 Å². The normalized spacial score (nSPS) is 18.5. The number of amides is 1. The van der Waals surface area contributed by atoms with Gasteiger partial charge in [0.25, 0.3) is 5.91 Å². The van der Waals surface area contributed by atoms with Gasteiger partial charge in [-0.1, -0.05) is 11.8 Å². The van der Waals surface area contributed by atoms with Crippen LogP contribution in [0.15, 0.2) is 23.4 Å². The highest BCUT2D eigenvalue weighted by Crippen LogP contribution is 2.29. The van der Waals surface area contributed by atoms with Gasteiger partial charge in [-0.3, -0.25) is 9.69 Å². The molecule has 1 aromatic heterocycles. The molecular weight excluding hydrogens is 384 g/mol. The number of hydrogen-bond acceptors (Lipinski definition) is 7. The minimum atomic E-state index is -0.0342. The van der Waals surface area contributed by atoms with Crippen LogP contribution in [0.3, 0.4) is 0 Å². The predicted molar refractivity (Wildman–Crippen MR) is 119 cm³/mol. The average molecular weight is 415 g/mol. The molecule has 7 nitrogen and oxygen atoms in total. The smallest absolute Gasteiger partial charge is 0.251 e. The number of nitrogens with zero attached hydrogens (tertiary/aromatic N) is 5. The zero-order valence-corrected chi connectivity index (χ0v) is 18.2. The van der Waals surface area contributed by atoms with Crippen LogP contribution < -0.4 is 10.2 Å². The minimum Gasteiger partial charge on any atom is -0.356 e. The number of benzene rings is 1. The zero-order valence-electron chi connectivity index (χ0n) is 17.4. The zero-order chi connectivity index (χ0) is 20.2. The monoisotopic (exact) mass is 414 g/mol. The number of nitrogens with one attached hydrogen (secondary N) is 1. The molecule has 2 saturated heterocycles. The topological polar surface area (TPSA) is 64.6 Å². The van der Waals surface area contributed by atoms with Crippen LogP contribution in [0.25, 0.3) is 10.9 Å². The number of rotatable bonds is 6. The van der Waals surface area contributed by atoms with E-state index in [-0.39, 0.29) is 5.91 Å². The first-order valence-corrected chi connectivity index (χ1v) is 11.7. The Morgan fingerprint density at radius 2 is 1.86 bits per heavy atom. The van der Waals surface area contributed by atoms with Crippen molar-refractivity contribution in [2.24, 2.45) is 0 Å². The minimum absolute atomic E-state index is 0.0342. The lowest BCUT2D eigenvalue weighted by molar-refractivity contribution is 0.0941. The van der Waals surface area contributed by atoms with E-state index in [4.69, 9.17) is 4.98 Å². The molecule has 1 amide bonds. The number of fused-ring (bicyclic) bond motifs is 1. The molecule has 4 rings (SSSR count). The molecule has 0 unspecified atom stereocenters. The molecule has 0 bridgehead atoms. The SMILES string of the molecule is CSc1nc(N2CCCC2)c2ccc(C(=O)NCCN3CCN(C)CC3)cc2n1. The number of aromatic nitrogens is 2. The van der Waals surface area contributed by atoms with E-state index in [2.05, 4.69) is 32.0 Å². The van der Waals surface area contributed by atoms with E-state index < -0.39 is 0 Å². The van der Waals surface area contributed by atoms with Gasteiger partial charge in [-0.05, 0) is 44.3 Å². The summed E-state index contributed by atoms with van der Waals surface area (Å²) in [4.78, 5) is 29.2. The molecule has 1 aromatic carbocycles. The summed E-state index contributed by atoms with van der Waals surface area (Å²) in [7, 11) is 2.15. The molecule has 2 aromatic rings. The van der Waals surface area contributed by atoms with Crippen LogP contribution in [0.1, 0.15) is 23.2 Å². The fourth-order valence-electron chi connectivity index (χ4n) is 4.00. The average Bonchev–Trinajstić information content (AvgIpc) is 3.28. The summed E-state index contributed by atoms with van der Waals surface area (Å²) >= 11 is 1.54. The molecular formula is C21H30N6OS. The number of hydrogen-bond donors (Lipinski definition) is 1. The van der Waals surface area contributed by atoms with Crippen LogP contribution in [-0.4, -0.2) is 91.3 Å². The van der Waals surface area contributed by atoms with Crippen molar-refractivity contribution in [2.75, 3.05) is 70.6 Å². The summed E-state index contributed by atoms with van der Waals surface area (Å²) in [6.45, 7) is 7.95.